The van der Waals surface area contributed by atoms with E-state index in [4.69, 9.17) is 56.4 Å². The molecule has 0 atom stereocenters. The third-order valence-corrected chi connectivity index (χ3v) is 27.2. The molecule has 25 aromatic rings. The maximum Gasteiger partial charge on any atom is 0.180 e. The van der Waals surface area contributed by atoms with Gasteiger partial charge in [0.1, 0.15) is 83.9 Å². The van der Waals surface area contributed by atoms with Crippen LogP contribution >= 0.6 is 0 Å². The van der Waals surface area contributed by atoms with Gasteiger partial charge in [-0.2, -0.15) is 0 Å². The third kappa shape index (κ3) is 11.2. The summed E-state index contributed by atoms with van der Waals surface area (Å²) in [7, 11) is 0. The molecule has 12 nitrogen and oxygen atoms in total. The van der Waals surface area contributed by atoms with Crippen molar-refractivity contribution in [2.45, 2.75) is 57.8 Å². The lowest BCUT2D eigenvalue weighted by Gasteiger charge is -2.23. The predicted molar refractivity (Wildman–Crippen MR) is 521 cm³/mol. The summed E-state index contributed by atoms with van der Waals surface area (Å²) in [6.07, 6.45) is 0. The van der Waals surface area contributed by atoms with E-state index in [0.717, 1.165) is 150 Å². The largest absolute Gasteiger partial charge is 0.456 e. The fraction of sp³-hybridized carbons (Fsp3) is 0.0769. The van der Waals surface area contributed by atoms with Crippen molar-refractivity contribution in [1.29, 1.82) is 0 Å². The van der Waals surface area contributed by atoms with Crippen molar-refractivity contribution in [3.8, 4) is 112 Å². The van der Waals surface area contributed by atoms with Gasteiger partial charge in [-0.3, -0.25) is 0 Å². The average molecular weight is 1660 g/mol. The van der Waals surface area contributed by atoms with Crippen molar-refractivity contribution in [3.05, 3.63) is 385 Å². The molecule has 9 aromatic heterocycles. The highest BCUT2D eigenvalue weighted by Gasteiger charge is 2.42. The summed E-state index contributed by atoms with van der Waals surface area (Å²) >= 11 is 0. The van der Waals surface area contributed by atoms with Crippen LogP contribution in [-0.4, -0.2) is 29.9 Å². The second-order valence-electron chi connectivity index (χ2n) is 35.7. The number of furan rings is 6. The zero-order valence-electron chi connectivity index (χ0n) is 71.1. The quantitative estimate of drug-likeness (QED) is 0.149. The molecule has 28 rings (SSSR count). The SMILES string of the molecule is CC1(C)c2cc(-c3nc(-c4ccccc4)nc4c3oc3ccccc34)ccc2-c2ccc3oc4ccccc4c3c21.CC1(C)c2ccc(-c3ccc(-c4nc(-c5ccccc5)c5oc6ccccc6c5n4)cc3)cc2-c2ccc3oc4ccccc4c3c21.CC1(C)c2ccc(-c3nc(-c4ccccc4)c4oc5ccccc5c4n3)cc2-c2ccc3oc4ccccc4c3c21. The molecule has 9 heterocycles. The lowest BCUT2D eigenvalue weighted by molar-refractivity contribution is 0.656. The Labute approximate surface area is 739 Å². The molecule has 0 spiro atoms. The van der Waals surface area contributed by atoms with Crippen LogP contribution in [0.1, 0.15) is 74.9 Å². The molecule has 3 aliphatic rings. The molecule has 610 valence electrons. The van der Waals surface area contributed by atoms with Gasteiger partial charge in [-0.25, -0.2) is 29.9 Å². The molecule has 3 aliphatic carbocycles. The van der Waals surface area contributed by atoms with Gasteiger partial charge in [0.05, 0.1) is 0 Å². The maximum absolute atomic E-state index is 6.42. The van der Waals surface area contributed by atoms with Crippen LogP contribution in [0.4, 0.5) is 0 Å². The summed E-state index contributed by atoms with van der Waals surface area (Å²) in [5.41, 5.74) is 38.1. The molecular weight excluding hydrogens is 1590 g/mol. The van der Waals surface area contributed by atoms with E-state index >= 15 is 0 Å². The zero-order valence-corrected chi connectivity index (χ0v) is 71.1. The van der Waals surface area contributed by atoms with Crippen LogP contribution in [0, 0.1) is 0 Å². The highest BCUT2D eigenvalue weighted by Crippen LogP contribution is 2.58. The van der Waals surface area contributed by atoms with E-state index in [-0.39, 0.29) is 16.2 Å². The monoisotopic (exact) mass is 1660 g/mol. The van der Waals surface area contributed by atoms with Crippen LogP contribution in [0.25, 0.3) is 244 Å². The minimum atomic E-state index is -0.241. The summed E-state index contributed by atoms with van der Waals surface area (Å²) in [6.45, 7) is 13.9. The molecule has 0 unspecified atom stereocenters. The number of aromatic nitrogens is 6. The first-order valence-corrected chi connectivity index (χ1v) is 43.8. The first-order valence-electron chi connectivity index (χ1n) is 43.8. The lowest BCUT2D eigenvalue weighted by atomic mass is 9.80. The Morgan fingerprint density at radius 3 is 0.884 bits per heavy atom. The van der Waals surface area contributed by atoms with Crippen molar-refractivity contribution in [3.63, 3.8) is 0 Å². The van der Waals surface area contributed by atoms with Gasteiger partial charge in [0.2, 0.25) is 0 Å². The van der Waals surface area contributed by atoms with Crippen molar-refractivity contribution in [1.82, 2.24) is 29.9 Å². The molecule has 0 radical (unpaired) electrons. The normalized spacial score (nSPS) is 13.7. The van der Waals surface area contributed by atoms with Gasteiger partial charge in [-0.1, -0.05) is 302 Å². The highest BCUT2D eigenvalue weighted by atomic mass is 16.4. The van der Waals surface area contributed by atoms with E-state index < -0.39 is 0 Å². The van der Waals surface area contributed by atoms with Gasteiger partial charge in [-0.15, -0.1) is 0 Å². The Kier molecular flexibility index (Phi) is 15.9. The van der Waals surface area contributed by atoms with E-state index in [1.165, 1.54) is 93.9 Å². The van der Waals surface area contributed by atoms with Gasteiger partial charge in [-0.05, 0) is 169 Å². The standard InChI is InChI=1S/C43H28N2O2.2C37H24N2O2/c1-43(2)33-22-20-28(24-32(33)29-21-23-36-37(38(29)43)30-12-6-8-14-34(30)46-36)25-16-18-27(19-17-25)42-44-39(26-10-4-3-5-11-26)41-40(45-42)31-13-7-9-15-35(31)47-41;1-37(2)27-18-16-22(20-26(27)23-17-19-30-31(32(23)37)24-12-6-8-14-28(24)40-30)36-38-33(21-10-4-3-5-11-21)35-34(39-36)25-13-7-9-15-29(25)41-35;1-37(2)27-20-22(16-17-23(27)24-18-19-30-31(32(24)37)25-12-6-8-14-28(25)40-30)33-35-34(26-13-7-9-15-29(26)41-35)39-36(38-33)21-10-4-3-5-11-21/h3-24H,1-2H3;2*3-20H,1-2H3. The number of hydrogen-bond donors (Lipinski definition) is 0. The van der Waals surface area contributed by atoms with Crippen LogP contribution in [0.2, 0.25) is 0 Å². The van der Waals surface area contributed by atoms with Crippen LogP contribution in [0.15, 0.2) is 378 Å². The summed E-state index contributed by atoms with van der Waals surface area (Å²) in [6, 6.07) is 122. The van der Waals surface area contributed by atoms with Crippen LogP contribution in [0.5, 0.6) is 0 Å². The molecule has 0 saturated carbocycles. The smallest absolute Gasteiger partial charge is 0.180 e. The third-order valence-electron chi connectivity index (χ3n) is 27.2. The van der Waals surface area contributed by atoms with Crippen LogP contribution in [-0.2, 0) is 16.2 Å². The van der Waals surface area contributed by atoms with E-state index in [9.17, 15) is 0 Å². The van der Waals surface area contributed by atoms with Gasteiger partial charge in [0.25, 0.3) is 0 Å². The summed E-state index contributed by atoms with van der Waals surface area (Å²) in [5, 5.41) is 10.1. The number of rotatable bonds is 7. The van der Waals surface area contributed by atoms with E-state index in [0.29, 0.717) is 34.2 Å². The van der Waals surface area contributed by atoms with Crippen LogP contribution in [0.3, 0.4) is 0 Å². The number of fused-ring (bicyclic) bond motifs is 30. The molecule has 12 heteroatoms. The Balaban J connectivity index is 0.000000102. The highest BCUT2D eigenvalue weighted by molar-refractivity contribution is 6.16. The Morgan fingerprint density at radius 1 is 0.186 bits per heavy atom. The molecule has 0 fully saturated rings. The van der Waals surface area contributed by atoms with Gasteiger partial charge < -0.3 is 26.5 Å². The van der Waals surface area contributed by atoms with Gasteiger partial charge in [0, 0.05) is 98.1 Å². The van der Waals surface area contributed by atoms with Crippen molar-refractivity contribution >= 4 is 132 Å². The Bertz CT molecular complexity index is 9040. The van der Waals surface area contributed by atoms with E-state index in [1.807, 2.05) is 140 Å². The number of hydrogen-bond acceptors (Lipinski definition) is 12. The molecule has 0 saturated heterocycles. The number of benzene rings is 16. The fourth-order valence-electron chi connectivity index (χ4n) is 21.2. The van der Waals surface area contributed by atoms with Gasteiger partial charge in [0.15, 0.2) is 34.2 Å². The Hall–Kier alpha value is -16.4. The molecule has 0 bridgehead atoms. The van der Waals surface area contributed by atoms with Crippen LogP contribution < -0.4 is 0 Å². The second-order valence-corrected chi connectivity index (χ2v) is 35.7. The van der Waals surface area contributed by atoms with Gasteiger partial charge >= 0.3 is 0 Å². The topological polar surface area (TPSA) is 156 Å². The zero-order chi connectivity index (χ0) is 85.9. The van der Waals surface area contributed by atoms with Crippen molar-refractivity contribution in [2.24, 2.45) is 0 Å². The average Bonchev–Trinajstić information content (AvgIpc) is 1.55. The summed E-state index contributed by atoms with van der Waals surface area (Å²) < 4.78 is 37.8. The second kappa shape index (κ2) is 27.8. The Morgan fingerprint density at radius 2 is 0.473 bits per heavy atom. The fourth-order valence-corrected chi connectivity index (χ4v) is 21.2. The molecule has 0 amide bonds. The maximum atomic E-state index is 6.42. The molecule has 16 aromatic carbocycles. The van der Waals surface area contributed by atoms with E-state index in [2.05, 4.69) is 254 Å². The molecule has 0 aliphatic heterocycles. The lowest BCUT2D eigenvalue weighted by Crippen LogP contribution is -2.15. The van der Waals surface area contributed by atoms with Crippen molar-refractivity contribution in [2.75, 3.05) is 0 Å². The first-order chi connectivity index (χ1) is 63.2. The minimum Gasteiger partial charge on any atom is -0.456 e. The molecule has 0 N–H and O–H groups in total. The number of para-hydroxylation sites is 6. The predicted octanol–water partition coefficient (Wildman–Crippen LogP) is 31.4. The molecular formula is C117H76N6O6. The first kappa shape index (κ1) is 74.0. The summed E-state index contributed by atoms with van der Waals surface area (Å²) in [4.78, 5) is 30.4. The van der Waals surface area contributed by atoms with Crippen molar-refractivity contribution < 1.29 is 26.5 Å². The number of nitrogens with zero attached hydrogens (tertiary/aromatic N) is 6. The summed E-state index contributed by atoms with van der Waals surface area (Å²) in [5.74, 6) is 2.05. The minimum absolute atomic E-state index is 0.150. The van der Waals surface area contributed by atoms with E-state index in [1.54, 1.807) is 0 Å². The molecule has 129 heavy (non-hydrogen) atoms.